The van der Waals surface area contributed by atoms with Crippen LogP contribution in [0.4, 0.5) is 0 Å². The van der Waals surface area contributed by atoms with E-state index in [1.807, 2.05) is 30.3 Å². The second-order valence-corrected chi connectivity index (χ2v) is 6.29. The highest BCUT2D eigenvalue weighted by Crippen LogP contribution is 2.24. The van der Waals surface area contributed by atoms with Gasteiger partial charge >= 0.3 is 0 Å². The van der Waals surface area contributed by atoms with E-state index in [1.165, 1.54) is 18.2 Å². The van der Waals surface area contributed by atoms with Crippen molar-refractivity contribution in [1.82, 2.24) is 10.2 Å². The first-order valence-electron chi connectivity index (χ1n) is 8.59. The monoisotopic (exact) mass is 381 g/mol. The molecule has 0 aliphatic carbocycles. The second kappa shape index (κ2) is 8.01. The first-order valence-corrected chi connectivity index (χ1v) is 8.59. The number of hydrogen-bond acceptors (Lipinski definition) is 6. The molecule has 0 bridgehead atoms. The summed E-state index contributed by atoms with van der Waals surface area (Å²) in [5.41, 5.74) is 1.26. The number of carbonyl (C=O) groups excluding carboxylic acids is 4. The van der Waals surface area contributed by atoms with E-state index in [1.54, 1.807) is 0 Å². The maximum atomic E-state index is 12.6. The Hall–Kier alpha value is -3.52. The molecule has 1 aliphatic heterocycles. The summed E-state index contributed by atoms with van der Waals surface area (Å²) in [4.78, 5) is 49.2. The quantitative estimate of drug-likeness (QED) is 0.615. The lowest BCUT2D eigenvalue weighted by molar-refractivity contribution is -0.308. The van der Waals surface area contributed by atoms with Crippen LogP contribution in [0.1, 0.15) is 36.6 Å². The first-order chi connectivity index (χ1) is 13.4. The fourth-order valence-electron chi connectivity index (χ4n) is 2.94. The van der Waals surface area contributed by atoms with Crippen molar-refractivity contribution in [2.75, 3.05) is 13.2 Å². The van der Waals surface area contributed by atoms with Gasteiger partial charge in [-0.1, -0.05) is 30.3 Å². The van der Waals surface area contributed by atoms with Crippen LogP contribution in [0.2, 0.25) is 0 Å². The highest BCUT2D eigenvalue weighted by molar-refractivity contribution is 6.22. The van der Waals surface area contributed by atoms with Crippen molar-refractivity contribution in [2.24, 2.45) is 0 Å². The Labute approximate surface area is 160 Å². The molecule has 28 heavy (non-hydrogen) atoms. The number of benzene rings is 2. The number of nitrogens with one attached hydrogen (secondary N) is 1. The summed E-state index contributed by atoms with van der Waals surface area (Å²) in [6, 6.07) is 11.8. The van der Waals surface area contributed by atoms with Crippen molar-refractivity contribution in [3.8, 4) is 0 Å². The van der Waals surface area contributed by atoms with E-state index in [4.69, 9.17) is 5.11 Å². The predicted octanol–water partition coefficient (Wildman–Crippen LogP) is -0.634. The average molecular weight is 381 g/mol. The lowest BCUT2D eigenvalue weighted by atomic mass is 10.1. The highest BCUT2D eigenvalue weighted by atomic mass is 16.4. The highest BCUT2D eigenvalue weighted by Gasteiger charge is 2.35. The third kappa shape index (κ3) is 3.77. The van der Waals surface area contributed by atoms with Crippen LogP contribution in [0, 0.1) is 0 Å². The van der Waals surface area contributed by atoms with E-state index in [0.717, 1.165) is 10.5 Å². The van der Waals surface area contributed by atoms with Crippen molar-refractivity contribution >= 4 is 23.7 Å². The Morgan fingerprint density at radius 1 is 1.04 bits per heavy atom. The molecule has 8 nitrogen and oxygen atoms in total. The Morgan fingerprint density at radius 3 is 2.36 bits per heavy atom. The Bertz CT molecular complexity index is 941. The van der Waals surface area contributed by atoms with Crippen LogP contribution in [0.5, 0.6) is 0 Å². The number of carbonyl (C=O) groups is 4. The summed E-state index contributed by atoms with van der Waals surface area (Å²) in [7, 11) is 0. The molecule has 2 N–H and O–H groups in total. The molecule has 8 heteroatoms. The van der Waals surface area contributed by atoms with Crippen LogP contribution >= 0.6 is 0 Å². The molecule has 1 atom stereocenters. The molecular formula is C20H17N2O6-. The molecule has 3 rings (SSSR count). The smallest absolute Gasteiger partial charge is 0.261 e. The number of aliphatic hydroxyl groups excluding tert-OH is 1. The molecule has 0 fully saturated rings. The summed E-state index contributed by atoms with van der Waals surface area (Å²) in [6.45, 7) is -0.626. The number of amides is 3. The number of aliphatic hydroxyl groups is 1. The Morgan fingerprint density at radius 2 is 1.71 bits per heavy atom. The van der Waals surface area contributed by atoms with Gasteiger partial charge in [-0.25, -0.2) is 0 Å². The van der Waals surface area contributed by atoms with Crippen LogP contribution in [0.15, 0.2) is 48.5 Å². The third-order valence-corrected chi connectivity index (χ3v) is 4.47. The van der Waals surface area contributed by atoms with E-state index in [9.17, 15) is 24.3 Å². The van der Waals surface area contributed by atoms with Gasteiger partial charge in [-0.2, -0.15) is 0 Å². The summed E-state index contributed by atoms with van der Waals surface area (Å²) in [5.74, 6) is -3.38. The van der Waals surface area contributed by atoms with Gasteiger partial charge in [0.1, 0.15) is 0 Å². The molecule has 144 valence electrons. The first kappa shape index (κ1) is 19.2. The van der Waals surface area contributed by atoms with Crippen LogP contribution < -0.4 is 10.4 Å². The molecule has 1 heterocycles. The van der Waals surface area contributed by atoms with Crippen LogP contribution in [-0.2, 0) is 11.2 Å². The minimum Gasteiger partial charge on any atom is -0.548 e. The van der Waals surface area contributed by atoms with Gasteiger partial charge in [0.15, 0.2) is 0 Å². The molecule has 1 aliphatic rings. The summed E-state index contributed by atoms with van der Waals surface area (Å²) >= 11 is 0. The lowest BCUT2D eigenvalue weighted by Crippen LogP contribution is -2.50. The SMILES string of the molecule is O=C(N[C@H](CO)C(=O)[O-])c1ccc2c(c1)C(=O)N(CCc1ccccc1)C2=O. The van der Waals surface area contributed by atoms with E-state index in [2.05, 4.69) is 5.32 Å². The number of fused-ring (bicyclic) bond motifs is 1. The summed E-state index contributed by atoms with van der Waals surface area (Å²) in [5, 5.41) is 21.9. The van der Waals surface area contributed by atoms with Crippen molar-refractivity contribution in [1.29, 1.82) is 0 Å². The van der Waals surface area contributed by atoms with Gasteiger partial charge in [0, 0.05) is 12.1 Å². The second-order valence-electron chi connectivity index (χ2n) is 6.29. The fourth-order valence-corrected chi connectivity index (χ4v) is 2.94. The number of imide groups is 1. The maximum Gasteiger partial charge on any atom is 0.261 e. The molecule has 2 aromatic carbocycles. The van der Waals surface area contributed by atoms with E-state index >= 15 is 0 Å². The van der Waals surface area contributed by atoms with E-state index in [-0.39, 0.29) is 23.2 Å². The van der Waals surface area contributed by atoms with Crippen LogP contribution in [0.25, 0.3) is 0 Å². The maximum absolute atomic E-state index is 12.6. The van der Waals surface area contributed by atoms with Gasteiger partial charge in [-0.3, -0.25) is 19.3 Å². The van der Waals surface area contributed by atoms with Gasteiger partial charge in [0.05, 0.1) is 29.7 Å². The zero-order valence-electron chi connectivity index (χ0n) is 14.8. The third-order valence-electron chi connectivity index (χ3n) is 4.47. The van der Waals surface area contributed by atoms with Crippen molar-refractivity contribution < 1.29 is 29.4 Å². The molecule has 0 aromatic heterocycles. The Kier molecular flexibility index (Phi) is 5.51. The van der Waals surface area contributed by atoms with Gasteiger partial charge < -0.3 is 20.3 Å². The zero-order chi connectivity index (χ0) is 20.3. The molecule has 3 amide bonds. The number of carboxylic acid groups (broad SMARTS) is 1. The Balaban J connectivity index is 1.76. The number of aliphatic carboxylic acids is 1. The lowest BCUT2D eigenvalue weighted by Gasteiger charge is -2.17. The van der Waals surface area contributed by atoms with Crippen molar-refractivity contribution in [2.45, 2.75) is 12.5 Å². The average Bonchev–Trinajstić information content (AvgIpc) is 2.94. The number of hydrogen-bond donors (Lipinski definition) is 2. The number of carboxylic acids is 1. The molecule has 0 saturated heterocycles. The molecule has 0 radical (unpaired) electrons. The van der Waals surface area contributed by atoms with Gasteiger partial charge in [0.2, 0.25) is 0 Å². The van der Waals surface area contributed by atoms with E-state index < -0.39 is 36.3 Å². The van der Waals surface area contributed by atoms with Crippen LogP contribution in [0.3, 0.4) is 0 Å². The minimum absolute atomic E-state index is 0.00418. The summed E-state index contributed by atoms with van der Waals surface area (Å²) < 4.78 is 0. The number of nitrogens with zero attached hydrogens (tertiary/aromatic N) is 1. The zero-order valence-corrected chi connectivity index (χ0v) is 14.8. The van der Waals surface area contributed by atoms with Gasteiger partial charge in [-0.15, -0.1) is 0 Å². The summed E-state index contributed by atoms with van der Waals surface area (Å²) in [6.07, 6.45) is 0.503. The van der Waals surface area contributed by atoms with Gasteiger partial charge in [0.25, 0.3) is 17.7 Å². The molecule has 2 aromatic rings. The standard InChI is InChI=1S/C20H18N2O6/c23-11-16(20(27)28)21-17(24)13-6-7-14-15(10-13)19(26)22(18(14)25)9-8-12-4-2-1-3-5-12/h1-7,10,16,23H,8-9,11H2,(H,21,24)(H,27,28)/p-1/t16-/m1/s1. The van der Waals surface area contributed by atoms with Crippen molar-refractivity contribution in [3.05, 3.63) is 70.8 Å². The fraction of sp³-hybridized carbons (Fsp3) is 0.200. The topological polar surface area (TPSA) is 127 Å². The normalized spacial score (nSPS) is 14.0. The largest absolute Gasteiger partial charge is 0.548 e. The predicted molar refractivity (Wildman–Crippen MR) is 95.3 cm³/mol. The number of rotatable bonds is 7. The van der Waals surface area contributed by atoms with Crippen LogP contribution in [-0.4, -0.2) is 52.9 Å². The molecule has 0 unspecified atom stereocenters. The molecule has 0 saturated carbocycles. The molecular weight excluding hydrogens is 364 g/mol. The molecule has 0 spiro atoms. The van der Waals surface area contributed by atoms with Gasteiger partial charge in [-0.05, 0) is 30.2 Å². The van der Waals surface area contributed by atoms with E-state index in [0.29, 0.717) is 6.42 Å². The van der Waals surface area contributed by atoms with Crippen molar-refractivity contribution in [3.63, 3.8) is 0 Å². The minimum atomic E-state index is -1.63.